The molecule has 4 amide bonds. The van der Waals surface area contributed by atoms with Crippen molar-refractivity contribution >= 4 is 47.0 Å². The number of likely N-dealkylation sites (tertiary alicyclic amines) is 1. The first kappa shape index (κ1) is 29.7. The number of fused-ring (bicyclic) bond motifs is 2. The molecule has 2 atom stereocenters. The van der Waals surface area contributed by atoms with Gasteiger partial charge in [-0.25, -0.2) is 9.59 Å². The highest BCUT2D eigenvalue weighted by atomic mass is 35.5. The summed E-state index contributed by atoms with van der Waals surface area (Å²) in [6.07, 6.45) is 2.85. The number of carbonyl (C=O) groups excluding carboxylic acids is 4. The predicted octanol–water partition coefficient (Wildman–Crippen LogP) is 4.94. The van der Waals surface area contributed by atoms with Crippen LogP contribution in [-0.2, 0) is 26.3 Å². The number of H-pyrrole nitrogens is 1. The van der Waals surface area contributed by atoms with Gasteiger partial charge in [0, 0.05) is 53.0 Å². The molecule has 0 bridgehead atoms. The standard InChI is InChI=1S/C32H29ClN6O6/c1-44-30(42)36-24-9-6-21(7-10-24)28(40)37-27(14-19-2-4-20(5-3-19)22-16-34-35-17-22)29(41)39-13-12-32(18-39)25-15-23(33)8-11-26(25)38-31(43)45-32/h2-11,15-17,27H,12-14,18H2,1H3,(H,34,35)(H,36,42)(H,37,40)(H,38,43)/t27?,32-/m0/s1. The Labute approximate surface area is 263 Å². The topological polar surface area (TPSA) is 155 Å². The fraction of sp³-hybridized carbons (Fsp3) is 0.219. The van der Waals surface area contributed by atoms with E-state index in [1.165, 1.54) is 7.11 Å². The summed E-state index contributed by atoms with van der Waals surface area (Å²) in [6.45, 7) is 0.407. The number of amides is 4. The zero-order chi connectivity index (χ0) is 31.6. The maximum Gasteiger partial charge on any atom is 0.412 e. The zero-order valence-corrected chi connectivity index (χ0v) is 24.9. The molecular formula is C32H29ClN6O6. The minimum absolute atomic E-state index is 0.103. The Kier molecular flexibility index (Phi) is 8.14. The Balaban J connectivity index is 1.24. The molecule has 0 saturated carbocycles. The molecule has 13 heteroatoms. The van der Waals surface area contributed by atoms with Crippen LogP contribution in [0.3, 0.4) is 0 Å². The van der Waals surface area contributed by atoms with Gasteiger partial charge in [-0.15, -0.1) is 0 Å². The molecule has 0 aliphatic carbocycles. The number of halogens is 1. The molecule has 230 valence electrons. The van der Waals surface area contributed by atoms with Gasteiger partial charge in [-0.2, -0.15) is 5.10 Å². The first-order chi connectivity index (χ1) is 21.7. The van der Waals surface area contributed by atoms with Crippen molar-refractivity contribution in [2.75, 3.05) is 30.8 Å². The van der Waals surface area contributed by atoms with E-state index < -0.39 is 29.7 Å². The van der Waals surface area contributed by atoms with E-state index >= 15 is 0 Å². The number of carbonyl (C=O) groups is 4. The SMILES string of the molecule is COC(=O)Nc1ccc(C(=O)NC(Cc2ccc(-c3cn[nH]c3)cc2)C(=O)N2CC[C@@]3(C2)OC(=O)Nc2ccc(Cl)cc23)cc1. The molecule has 0 radical (unpaired) electrons. The summed E-state index contributed by atoms with van der Waals surface area (Å²) >= 11 is 6.29. The fourth-order valence-electron chi connectivity index (χ4n) is 5.66. The minimum Gasteiger partial charge on any atom is -0.453 e. The summed E-state index contributed by atoms with van der Waals surface area (Å²) in [5.41, 5.74) is 3.66. The van der Waals surface area contributed by atoms with Crippen LogP contribution in [0.15, 0.2) is 79.1 Å². The smallest absolute Gasteiger partial charge is 0.412 e. The molecule has 1 fully saturated rings. The van der Waals surface area contributed by atoms with Crippen LogP contribution >= 0.6 is 11.6 Å². The van der Waals surface area contributed by atoms with E-state index in [2.05, 4.69) is 30.9 Å². The van der Waals surface area contributed by atoms with Crippen LogP contribution in [0.5, 0.6) is 0 Å². The van der Waals surface area contributed by atoms with Gasteiger partial charge in [0.2, 0.25) is 5.91 Å². The van der Waals surface area contributed by atoms with Gasteiger partial charge in [0.15, 0.2) is 5.60 Å². The quantitative estimate of drug-likeness (QED) is 0.226. The third-order valence-corrected chi connectivity index (χ3v) is 8.18. The number of hydrogen-bond donors (Lipinski definition) is 4. The zero-order valence-electron chi connectivity index (χ0n) is 24.1. The van der Waals surface area contributed by atoms with Crippen LogP contribution in [0.4, 0.5) is 21.0 Å². The molecule has 1 aromatic heterocycles. The first-order valence-electron chi connectivity index (χ1n) is 14.2. The number of nitrogens with one attached hydrogen (secondary N) is 4. The maximum absolute atomic E-state index is 14.1. The summed E-state index contributed by atoms with van der Waals surface area (Å²) in [7, 11) is 1.25. The van der Waals surface area contributed by atoms with Crippen LogP contribution in [0.25, 0.3) is 11.1 Å². The number of aromatic amines is 1. The number of anilines is 2. The molecule has 6 rings (SSSR count). The Morgan fingerprint density at radius 1 is 1.09 bits per heavy atom. The summed E-state index contributed by atoms with van der Waals surface area (Å²) in [4.78, 5) is 53.1. The second-order valence-corrected chi connectivity index (χ2v) is 11.3. The van der Waals surface area contributed by atoms with Gasteiger partial charge in [-0.3, -0.25) is 25.3 Å². The monoisotopic (exact) mass is 628 g/mol. The van der Waals surface area contributed by atoms with E-state index in [4.69, 9.17) is 16.3 Å². The average Bonchev–Trinajstić information content (AvgIpc) is 3.73. The molecule has 1 spiro atoms. The second-order valence-electron chi connectivity index (χ2n) is 10.8. The number of rotatable bonds is 7. The fourth-order valence-corrected chi connectivity index (χ4v) is 5.83. The average molecular weight is 629 g/mol. The number of aromatic nitrogens is 2. The van der Waals surface area contributed by atoms with E-state index in [-0.39, 0.29) is 18.9 Å². The van der Waals surface area contributed by atoms with Gasteiger partial charge in [-0.05, 0) is 53.6 Å². The summed E-state index contributed by atoms with van der Waals surface area (Å²) in [5, 5.41) is 15.4. The largest absolute Gasteiger partial charge is 0.453 e. The lowest BCUT2D eigenvalue weighted by molar-refractivity contribution is -0.133. The van der Waals surface area contributed by atoms with Crippen molar-refractivity contribution in [3.8, 4) is 11.1 Å². The Hall–Kier alpha value is -5.36. The van der Waals surface area contributed by atoms with E-state index in [1.807, 2.05) is 24.3 Å². The molecule has 3 aromatic carbocycles. The lowest BCUT2D eigenvalue weighted by Crippen LogP contribution is -2.50. The molecule has 2 aliphatic rings. The number of nitrogens with zero attached hydrogens (tertiary/aromatic N) is 2. The predicted molar refractivity (Wildman–Crippen MR) is 166 cm³/mol. The van der Waals surface area contributed by atoms with Gasteiger partial charge in [0.05, 0.1) is 25.5 Å². The van der Waals surface area contributed by atoms with E-state index in [1.54, 1.807) is 59.8 Å². The van der Waals surface area contributed by atoms with Crippen LogP contribution in [0.2, 0.25) is 5.02 Å². The molecule has 45 heavy (non-hydrogen) atoms. The Bertz CT molecular complexity index is 1740. The van der Waals surface area contributed by atoms with Crippen LogP contribution in [0.1, 0.15) is 27.9 Å². The molecule has 2 aliphatic heterocycles. The van der Waals surface area contributed by atoms with E-state index in [0.717, 1.165) is 16.7 Å². The lowest BCUT2D eigenvalue weighted by Gasteiger charge is -2.35. The second kappa shape index (κ2) is 12.3. The molecular weight excluding hydrogens is 600 g/mol. The van der Waals surface area contributed by atoms with Gasteiger partial charge in [0.1, 0.15) is 6.04 Å². The Morgan fingerprint density at radius 2 is 1.87 bits per heavy atom. The van der Waals surface area contributed by atoms with Crippen molar-refractivity contribution in [2.24, 2.45) is 0 Å². The summed E-state index contributed by atoms with van der Waals surface area (Å²) in [5.74, 6) is -0.784. The highest BCUT2D eigenvalue weighted by molar-refractivity contribution is 6.30. The summed E-state index contributed by atoms with van der Waals surface area (Å²) < 4.78 is 10.4. The van der Waals surface area contributed by atoms with Crippen molar-refractivity contribution in [3.63, 3.8) is 0 Å². The molecule has 1 unspecified atom stereocenters. The van der Waals surface area contributed by atoms with E-state index in [0.29, 0.717) is 40.5 Å². The van der Waals surface area contributed by atoms with Crippen molar-refractivity contribution < 1.29 is 28.7 Å². The maximum atomic E-state index is 14.1. The molecule has 12 nitrogen and oxygen atoms in total. The van der Waals surface area contributed by atoms with Gasteiger partial charge in [0.25, 0.3) is 5.91 Å². The summed E-state index contributed by atoms with van der Waals surface area (Å²) in [6, 6.07) is 18.1. The third kappa shape index (κ3) is 6.31. The molecule has 4 N–H and O–H groups in total. The number of methoxy groups -OCH3 is 1. The van der Waals surface area contributed by atoms with E-state index in [9.17, 15) is 19.2 Å². The van der Waals surface area contributed by atoms with Gasteiger partial charge < -0.3 is 19.7 Å². The number of ether oxygens (including phenoxy) is 2. The van der Waals surface area contributed by atoms with Crippen LogP contribution in [-0.4, -0.2) is 65.3 Å². The molecule has 3 heterocycles. The van der Waals surface area contributed by atoms with Crippen molar-refractivity contribution in [3.05, 3.63) is 101 Å². The van der Waals surface area contributed by atoms with Crippen molar-refractivity contribution in [1.82, 2.24) is 20.4 Å². The van der Waals surface area contributed by atoms with Gasteiger partial charge >= 0.3 is 12.2 Å². The first-order valence-corrected chi connectivity index (χ1v) is 14.5. The minimum atomic E-state index is -1.07. The van der Waals surface area contributed by atoms with Crippen LogP contribution < -0.4 is 16.0 Å². The highest BCUT2D eigenvalue weighted by Gasteiger charge is 2.49. The lowest BCUT2D eigenvalue weighted by atomic mass is 9.90. The van der Waals surface area contributed by atoms with Crippen LogP contribution in [0, 0.1) is 0 Å². The number of benzene rings is 3. The Morgan fingerprint density at radius 3 is 2.58 bits per heavy atom. The van der Waals surface area contributed by atoms with Gasteiger partial charge in [-0.1, -0.05) is 35.9 Å². The highest BCUT2D eigenvalue weighted by Crippen LogP contribution is 2.44. The number of hydrogen-bond acceptors (Lipinski definition) is 7. The van der Waals surface area contributed by atoms with Crippen molar-refractivity contribution in [1.29, 1.82) is 0 Å². The van der Waals surface area contributed by atoms with Crippen molar-refractivity contribution in [2.45, 2.75) is 24.5 Å². The normalized spacial score (nSPS) is 17.6. The third-order valence-electron chi connectivity index (χ3n) is 7.95. The molecule has 4 aromatic rings. The molecule has 1 saturated heterocycles.